The minimum absolute atomic E-state index is 0.0203. The van der Waals surface area contributed by atoms with Gasteiger partial charge in [-0.3, -0.25) is 14.5 Å². The lowest BCUT2D eigenvalue weighted by atomic mass is 9.94. The van der Waals surface area contributed by atoms with Crippen LogP contribution in [0, 0.1) is 5.82 Å². The summed E-state index contributed by atoms with van der Waals surface area (Å²) >= 11 is 12.8. The summed E-state index contributed by atoms with van der Waals surface area (Å²) < 4.78 is 40.8. The number of hydrogen-bond acceptors (Lipinski definition) is 8. The number of ether oxygens (including phenoxy) is 5. The molecule has 0 aromatic heterocycles. The van der Waals surface area contributed by atoms with Gasteiger partial charge in [0.15, 0.2) is 23.0 Å². The van der Waals surface area contributed by atoms with Crippen LogP contribution in [0.5, 0.6) is 28.7 Å². The van der Waals surface area contributed by atoms with Gasteiger partial charge in [0, 0.05) is 5.69 Å². The third kappa shape index (κ3) is 4.73. The fourth-order valence-electron chi connectivity index (χ4n) is 4.57. The first-order valence-corrected chi connectivity index (χ1v) is 12.4. The molecule has 1 amide bonds. The molecule has 1 N–H and O–H groups in total. The summed E-state index contributed by atoms with van der Waals surface area (Å²) in [6, 6.07) is 8.11. The van der Waals surface area contributed by atoms with E-state index in [-0.39, 0.29) is 55.6 Å². The monoisotopic (exact) mass is 591 g/mol. The number of anilines is 1. The molecule has 9 nitrogen and oxygen atoms in total. The highest BCUT2D eigenvalue weighted by molar-refractivity contribution is 6.52. The number of rotatable bonds is 8. The molecule has 0 aliphatic carbocycles. The fraction of sp³-hybridized carbons (Fsp3) is 0.214. The van der Waals surface area contributed by atoms with Crippen LogP contribution in [0.25, 0.3) is 5.76 Å². The Morgan fingerprint density at radius 2 is 1.38 bits per heavy atom. The molecule has 1 aliphatic rings. The van der Waals surface area contributed by atoms with Crippen molar-refractivity contribution in [1.82, 2.24) is 0 Å². The van der Waals surface area contributed by atoms with Crippen LogP contribution >= 0.6 is 23.2 Å². The van der Waals surface area contributed by atoms with Crippen molar-refractivity contribution in [3.8, 4) is 28.7 Å². The Bertz CT molecular complexity index is 1500. The number of hydrogen-bond donors (Lipinski definition) is 1. The number of nitrogens with zero attached hydrogens (tertiary/aromatic N) is 1. The van der Waals surface area contributed by atoms with E-state index in [1.807, 2.05) is 0 Å². The normalized spacial score (nSPS) is 16.2. The van der Waals surface area contributed by atoms with E-state index in [9.17, 15) is 19.1 Å². The quantitative estimate of drug-likeness (QED) is 0.199. The molecule has 1 unspecified atom stereocenters. The summed E-state index contributed by atoms with van der Waals surface area (Å²) in [5.41, 5.74) is 0.121. The molecule has 0 spiro atoms. The maximum atomic E-state index is 13.8. The molecule has 1 aliphatic heterocycles. The number of carbonyl (C=O) groups is 2. The van der Waals surface area contributed by atoms with Gasteiger partial charge in [0.2, 0.25) is 5.75 Å². The van der Waals surface area contributed by atoms with Crippen molar-refractivity contribution in [3.05, 3.63) is 75.0 Å². The van der Waals surface area contributed by atoms with Gasteiger partial charge in [0.1, 0.15) is 16.6 Å². The number of methoxy groups -OCH3 is 5. The van der Waals surface area contributed by atoms with Crippen LogP contribution in [0.4, 0.5) is 10.1 Å². The lowest BCUT2D eigenvalue weighted by Crippen LogP contribution is -2.29. The highest BCUT2D eigenvalue weighted by Crippen LogP contribution is 2.50. The third-order valence-corrected chi connectivity index (χ3v) is 6.97. The molecule has 40 heavy (non-hydrogen) atoms. The molecule has 1 atom stereocenters. The topological polar surface area (TPSA) is 104 Å². The number of aliphatic hydroxyl groups excluding tert-OH is 1. The Balaban J connectivity index is 2.08. The third-order valence-electron chi connectivity index (χ3n) is 6.35. The van der Waals surface area contributed by atoms with E-state index in [2.05, 4.69) is 0 Å². The van der Waals surface area contributed by atoms with E-state index >= 15 is 0 Å². The van der Waals surface area contributed by atoms with Crippen LogP contribution in [0.15, 0.2) is 48.0 Å². The maximum absolute atomic E-state index is 13.8. The van der Waals surface area contributed by atoms with Crippen LogP contribution in [0.1, 0.15) is 17.2 Å². The average Bonchev–Trinajstić information content (AvgIpc) is 3.22. The Morgan fingerprint density at radius 1 is 0.825 bits per heavy atom. The van der Waals surface area contributed by atoms with E-state index in [0.717, 1.165) is 17.0 Å². The van der Waals surface area contributed by atoms with Crippen molar-refractivity contribution < 1.29 is 42.8 Å². The second-order valence-electron chi connectivity index (χ2n) is 8.39. The van der Waals surface area contributed by atoms with Gasteiger partial charge < -0.3 is 28.8 Å². The molecular formula is C28H24Cl2FNO8. The Labute approximate surface area is 239 Å². The van der Waals surface area contributed by atoms with Gasteiger partial charge in [-0.2, -0.15) is 0 Å². The molecule has 4 rings (SSSR count). The Kier molecular flexibility index (Phi) is 8.32. The predicted octanol–water partition coefficient (Wildman–Crippen LogP) is 5.80. The van der Waals surface area contributed by atoms with Crippen molar-refractivity contribution in [2.24, 2.45) is 0 Å². The first-order valence-electron chi connectivity index (χ1n) is 11.6. The minimum Gasteiger partial charge on any atom is -0.507 e. The van der Waals surface area contributed by atoms with Gasteiger partial charge in [0.25, 0.3) is 11.7 Å². The van der Waals surface area contributed by atoms with E-state index in [1.54, 1.807) is 0 Å². The van der Waals surface area contributed by atoms with Crippen molar-refractivity contribution in [3.63, 3.8) is 0 Å². The zero-order chi connectivity index (χ0) is 29.3. The number of benzene rings is 3. The standard InChI is InChI=1S/C28H24Cl2FNO8/c1-36-18-10-13(11-19(37-2)27(18)40-5)22-20(24(34)28(35)32(22)15-8-6-14(31)7-9-15)23(33)16-12-17(29)26(39-4)21(30)25(16)38-3/h6-12,22,33H,1-5H3/b23-20+. The van der Waals surface area contributed by atoms with E-state index in [4.69, 9.17) is 46.9 Å². The molecular weight excluding hydrogens is 568 g/mol. The fourth-order valence-corrected chi connectivity index (χ4v) is 5.25. The van der Waals surface area contributed by atoms with Gasteiger partial charge in [-0.05, 0) is 48.0 Å². The molecule has 210 valence electrons. The number of amides is 1. The van der Waals surface area contributed by atoms with Crippen LogP contribution in [0.3, 0.4) is 0 Å². The number of carbonyl (C=O) groups excluding carboxylic acids is 2. The van der Waals surface area contributed by atoms with Crippen molar-refractivity contribution >= 4 is 46.3 Å². The summed E-state index contributed by atoms with van der Waals surface area (Å²) in [6.45, 7) is 0. The predicted molar refractivity (Wildman–Crippen MR) is 147 cm³/mol. The van der Waals surface area contributed by atoms with Crippen LogP contribution < -0.4 is 28.6 Å². The lowest BCUT2D eigenvalue weighted by Gasteiger charge is -2.27. The molecule has 0 saturated carbocycles. The van der Waals surface area contributed by atoms with Crippen LogP contribution in [-0.4, -0.2) is 52.3 Å². The second-order valence-corrected chi connectivity index (χ2v) is 9.18. The van der Waals surface area contributed by atoms with Gasteiger partial charge in [-0.15, -0.1) is 0 Å². The van der Waals surface area contributed by atoms with Crippen molar-refractivity contribution in [2.45, 2.75) is 6.04 Å². The molecule has 0 radical (unpaired) electrons. The van der Waals surface area contributed by atoms with E-state index < -0.39 is 29.3 Å². The SMILES string of the molecule is COc1cc(C2/C(=C(\O)c3cc(Cl)c(OC)c(Cl)c3OC)C(=O)C(=O)N2c2ccc(F)cc2)cc(OC)c1OC. The van der Waals surface area contributed by atoms with Gasteiger partial charge in [-0.25, -0.2) is 4.39 Å². The van der Waals surface area contributed by atoms with Gasteiger partial charge >= 0.3 is 0 Å². The van der Waals surface area contributed by atoms with Crippen molar-refractivity contribution in [2.75, 3.05) is 40.4 Å². The molecule has 1 fully saturated rings. The number of aliphatic hydroxyl groups is 1. The molecule has 1 heterocycles. The smallest absolute Gasteiger partial charge is 0.300 e. The summed E-state index contributed by atoms with van der Waals surface area (Å²) in [5.74, 6) is -2.39. The Hall–Kier alpha value is -4.15. The number of halogens is 3. The van der Waals surface area contributed by atoms with Crippen LogP contribution in [0.2, 0.25) is 10.0 Å². The molecule has 3 aromatic rings. The zero-order valence-electron chi connectivity index (χ0n) is 22.0. The second kappa shape index (κ2) is 11.5. The molecule has 1 saturated heterocycles. The number of ketones is 1. The number of Topliss-reactive ketones (excluding diaryl/α,β-unsaturated/α-hetero) is 1. The summed E-state index contributed by atoms with van der Waals surface area (Å²) in [6.07, 6.45) is 0. The minimum atomic E-state index is -1.23. The lowest BCUT2D eigenvalue weighted by molar-refractivity contribution is -0.132. The van der Waals surface area contributed by atoms with Crippen molar-refractivity contribution in [1.29, 1.82) is 0 Å². The van der Waals surface area contributed by atoms with Gasteiger partial charge in [0.05, 0.1) is 57.8 Å². The molecule has 0 bridgehead atoms. The van der Waals surface area contributed by atoms with Crippen LogP contribution in [-0.2, 0) is 9.59 Å². The largest absolute Gasteiger partial charge is 0.507 e. The zero-order valence-corrected chi connectivity index (χ0v) is 23.5. The summed E-state index contributed by atoms with van der Waals surface area (Å²) in [4.78, 5) is 28.2. The first kappa shape index (κ1) is 28.8. The highest BCUT2D eigenvalue weighted by atomic mass is 35.5. The Morgan fingerprint density at radius 3 is 1.88 bits per heavy atom. The first-order chi connectivity index (χ1) is 19.1. The summed E-state index contributed by atoms with van der Waals surface area (Å²) in [7, 11) is 6.90. The molecule has 12 heteroatoms. The van der Waals surface area contributed by atoms with Gasteiger partial charge in [-0.1, -0.05) is 23.2 Å². The average molecular weight is 592 g/mol. The van der Waals surface area contributed by atoms with E-state index in [1.165, 1.54) is 65.9 Å². The van der Waals surface area contributed by atoms with E-state index in [0.29, 0.717) is 5.56 Å². The highest BCUT2D eigenvalue weighted by Gasteiger charge is 2.48. The maximum Gasteiger partial charge on any atom is 0.300 e. The molecule has 3 aromatic carbocycles. The summed E-state index contributed by atoms with van der Waals surface area (Å²) in [5, 5.41) is 11.6.